The molecule has 0 amide bonds. The van der Waals surface area contributed by atoms with E-state index in [1.165, 1.54) is 5.56 Å². The third-order valence-electron chi connectivity index (χ3n) is 2.68. The van der Waals surface area contributed by atoms with Gasteiger partial charge in [-0.3, -0.25) is 9.67 Å². The zero-order valence-corrected chi connectivity index (χ0v) is 9.82. The molecule has 3 nitrogen and oxygen atoms in total. The molecular weight excluding hydrogens is 222 g/mol. The van der Waals surface area contributed by atoms with Crippen LogP contribution in [0, 0.1) is 6.07 Å². The van der Waals surface area contributed by atoms with Crippen molar-refractivity contribution in [1.29, 1.82) is 0 Å². The Hall–Kier alpha value is -2.42. The van der Waals surface area contributed by atoms with Gasteiger partial charge in [0.2, 0.25) is 0 Å². The summed E-state index contributed by atoms with van der Waals surface area (Å²) >= 11 is 0. The van der Waals surface area contributed by atoms with E-state index in [1.807, 2.05) is 53.3 Å². The quantitative estimate of drug-likeness (QED) is 0.697. The first kappa shape index (κ1) is 10.7. The highest BCUT2D eigenvalue weighted by molar-refractivity contribution is 5.52. The minimum atomic E-state index is 0.754. The monoisotopic (exact) mass is 234 g/mol. The van der Waals surface area contributed by atoms with Crippen molar-refractivity contribution in [2.24, 2.45) is 0 Å². The van der Waals surface area contributed by atoms with Gasteiger partial charge in [-0.1, -0.05) is 24.3 Å². The molecule has 0 aliphatic rings. The van der Waals surface area contributed by atoms with Crippen molar-refractivity contribution in [2.45, 2.75) is 6.54 Å². The molecule has 0 aliphatic carbocycles. The molecule has 0 N–H and O–H groups in total. The summed E-state index contributed by atoms with van der Waals surface area (Å²) in [6.07, 6.45) is 3.75. The Morgan fingerprint density at radius 2 is 2.06 bits per heavy atom. The summed E-state index contributed by atoms with van der Waals surface area (Å²) in [5.41, 5.74) is 2.99. The van der Waals surface area contributed by atoms with Gasteiger partial charge in [0.1, 0.15) is 5.69 Å². The normalized spacial score (nSPS) is 10.4. The van der Waals surface area contributed by atoms with Crippen molar-refractivity contribution in [2.75, 3.05) is 0 Å². The van der Waals surface area contributed by atoms with Crippen LogP contribution in [-0.4, -0.2) is 14.8 Å². The van der Waals surface area contributed by atoms with E-state index in [9.17, 15) is 0 Å². The lowest BCUT2D eigenvalue weighted by molar-refractivity contribution is 0.689. The molecule has 0 atom stereocenters. The average Bonchev–Trinajstić information content (AvgIpc) is 2.89. The third-order valence-corrected chi connectivity index (χ3v) is 2.68. The topological polar surface area (TPSA) is 30.7 Å². The van der Waals surface area contributed by atoms with E-state index in [0.29, 0.717) is 0 Å². The van der Waals surface area contributed by atoms with Gasteiger partial charge in [0, 0.05) is 12.4 Å². The van der Waals surface area contributed by atoms with Crippen molar-refractivity contribution in [3.05, 3.63) is 72.6 Å². The summed E-state index contributed by atoms with van der Waals surface area (Å²) in [5.74, 6) is 0. The van der Waals surface area contributed by atoms with Gasteiger partial charge in [-0.25, -0.2) is 0 Å². The van der Waals surface area contributed by atoms with Gasteiger partial charge in [-0.05, 0) is 35.9 Å². The van der Waals surface area contributed by atoms with Crippen molar-refractivity contribution < 1.29 is 0 Å². The Morgan fingerprint density at radius 3 is 2.83 bits per heavy atom. The third kappa shape index (κ3) is 2.30. The fraction of sp³-hybridized carbons (Fsp3) is 0.0667. The van der Waals surface area contributed by atoms with Crippen LogP contribution in [0.1, 0.15) is 5.56 Å². The Morgan fingerprint density at radius 1 is 1.06 bits per heavy atom. The second-order valence-electron chi connectivity index (χ2n) is 4.03. The molecule has 1 radical (unpaired) electrons. The molecule has 0 unspecified atom stereocenters. The number of nitrogens with zero attached hydrogens (tertiary/aromatic N) is 3. The van der Waals surface area contributed by atoms with E-state index in [2.05, 4.69) is 22.2 Å². The summed E-state index contributed by atoms with van der Waals surface area (Å²) < 4.78 is 1.91. The van der Waals surface area contributed by atoms with Gasteiger partial charge in [0.05, 0.1) is 12.2 Å². The fourth-order valence-corrected chi connectivity index (χ4v) is 1.82. The lowest BCUT2D eigenvalue weighted by Crippen LogP contribution is -2.00. The molecule has 0 fully saturated rings. The van der Waals surface area contributed by atoms with Crippen molar-refractivity contribution in [3.8, 4) is 11.4 Å². The van der Waals surface area contributed by atoms with Gasteiger partial charge in [0.15, 0.2) is 0 Å². The SMILES string of the molecule is [c]1cccc(Cn2ccc(-c3ccccn3)n2)c1. The molecule has 3 rings (SSSR count). The van der Waals surface area contributed by atoms with Crippen molar-refractivity contribution in [3.63, 3.8) is 0 Å². The van der Waals surface area contributed by atoms with E-state index in [4.69, 9.17) is 0 Å². The van der Waals surface area contributed by atoms with Gasteiger partial charge < -0.3 is 0 Å². The van der Waals surface area contributed by atoms with Crippen molar-refractivity contribution >= 4 is 0 Å². The van der Waals surface area contributed by atoms with Gasteiger partial charge in [0.25, 0.3) is 0 Å². The maximum absolute atomic E-state index is 4.52. The maximum Gasteiger partial charge on any atom is 0.111 e. The predicted octanol–water partition coefficient (Wildman–Crippen LogP) is 2.79. The highest BCUT2D eigenvalue weighted by Crippen LogP contribution is 2.13. The minimum Gasteiger partial charge on any atom is -0.268 e. The number of hydrogen-bond acceptors (Lipinski definition) is 2. The minimum absolute atomic E-state index is 0.754. The summed E-state index contributed by atoms with van der Waals surface area (Å²) in [4.78, 5) is 4.29. The van der Waals surface area contributed by atoms with Gasteiger partial charge >= 0.3 is 0 Å². The zero-order chi connectivity index (χ0) is 12.2. The Kier molecular flexibility index (Phi) is 2.88. The number of aromatic nitrogens is 3. The smallest absolute Gasteiger partial charge is 0.111 e. The van der Waals surface area contributed by atoms with Crippen LogP contribution >= 0.6 is 0 Å². The number of benzene rings is 1. The van der Waals surface area contributed by atoms with E-state index in [0.717, 1.165) is 17.9 Å². The largest absolute Gasteiger partial charge is 0.268 e. The van der Waals surface area contributed by atoms with Crippen molar-refractivity contribution in [1.82, 2.24) is 14.8 Å². The molecule has 3 aromatic rings. The number of hydrogen-bond donors (Lipinski definition) is 0. The first-order valence-electron chi connectivity index (χ1n) is 5.82. The second-order valence-corrected chi connectivity index (χ2v) is 4.03. The molecule has 0 spiro atoms. The molecular formula is C15H12N3. The summed E-state index contributed by atoms with van der Waals surface area (Å²) in [6.45, 7) is 0.754. The molecule has 0 saturated heterocycles. The average molecular weight is 234 g/mol. The van der Waals surface area contributed by atoms with Gasteiger partial charge in [-0.2, -0.15) is 5.10 Å². The van der Waals surface area contributed by atoms with E-state index >= 15 is 0 Å². The first-order chi connectivity index (χ1) is 8.92. The zero-order valence-electron chi connectivity index (χ0n) is 9.82. The molecule has 1 aromatic carbocycles. The lowest BCUT2D eigenvalue weighted by Gasteiger charge is -2.01. The number of rotatable bonds is 3. The first-order valence-corrected chi connectivity index (χ1v) is 5.82. The van der Waals surface area contributed by atoms with Crippen LogP contribution in [0.4, 0.5) is 0 Å². The highest BCUT2D eigenvalue weighted by atomic mass is 15.3. The van der Waals surface area contributed by atoms with Crippen LogP contribution in [0.5, 0.6) is 0 Å². The summed E-state index contributed by atoms with van der Waals surface area (Å²) in [6, 6.07) is 18.8. The molecule has 3 heteroatoms. The van der Waals surface area contributed by atoms with Crippen LogP contribution in [-0.2, 0) is 6.54 Å². The van der Waals surface area contributed by atoms with E-state index in [-0.39, 0.29) is 0 Å². The molecule has 2 heterocycles. The molecule has 2 aromatic heterocycles. The molecule has 87 valence electrons. The van der Waals surface area contributed by atoms with Crippen LogP contribution in [0.15, 0.2) is 60.9 Å². The standard InChI is InChI=1S/C15H12N3/c1-2-6-13(7-3-1)12-18-11-9-15(17-18)14-8-4-5-10-16-14/h1-2,4-11H,12H2. The van der Waals surface area contributed by atoms with Crippen LogP contribution in [0.25, 0.3) is 11.4 Å². The molecule has 18 heavy (non-hydrogen) atoms. The van der Waals surface area contributed by atoms with E-state index in [1.54, 1.807) is 6.20 Å². The molecule has 0 bridgehead atoms. The Balaban J connectivity index is 1.82. The second kappa shape index (κ2) is 4.84. The predicted molar refractivity (Wildman–Crippen MR) is 69.8 cm³/mol. The highest BCUT2D eigenvalue weighted by Gasteiger charge is 2.03. The van der Waals surface area contributed by atoms with Crippen LogP contribution in [0.3, 0.4) is 0 Å². The fourth-order valence-electron chi connectivity index (χ4n) is 1.82. The van der Waals surface area contributed by atoms with E-state index < -0.39 is 0 Å². The number of pyridine rings is 1. The van der Waals surface area contributed by atoms with Crippen LogP contribution < -0.4 is 0 Å². The summed E-state index contributed by atoms with van der Waals surface area (Å²) in [7, 11) is 0. The Labute approximate surface area is 106 Å². The lowest BCUT2D eigenvalue weighted by atomic mass is 10.2. The van der Waals surface area contributed by atoms with Gasteiger partial charge in [-0.15, -0.1) is 0 Å². The maximum atomic E-state index is 4.52. The Bertz CT molecular complexity index is 615. The molecule has 0 saturated carbocycles. The van der Waals surface area contributed by atoms with Crippen LogP contribution in [0.2, 0.25) is 0 Å². The summed E-state index contributed by atoms with van der Waals surface area (Å²) in [5, 5.41) is 4.52. The molecule has 0 aliphatic heterocycles.